The van der Waals surface area contributed by atoms with E-state index >= 15 is 0 Å². The first-order chi connectivity index (χ1) is 11.9. The Morgan fingerprint density at radius 1 is 1.32 bits per heavy atom. The Bertz CT molecular complexity index is 591. The van der Waals surface area contributed by atoms with Gasteiger partial charge in [0.2, 0.25) is 11.8 Å². The van der Waals surface area contributed by atoms with Gasteiger partial charge in [0.1, 0.15) is 5.75 Å². The molecule has 1 atom stereocenters. The van der Waals surface area contributed by atoms with E-state index in [-0.39, 0.29) is 18.2 Å². The van der Waals surface area contributed by atoms with Crippen LogP contribution in [0.1, 0.15) is 45.4 Å². The molecule has 2 N–H and O–H groups in total. The minimum atomic E-state index is -0.425. The van der Waals surface area contributed by atoms with Crippen LogP contribution in [-0.4, -0.2) is 36.4 Å². The van der Waals surface area contributed by atoms with Gasteiger partial charge in [0.05, 0.1) is 6.61 Å². The fourth-order valence-corrected chi connectivity index (χ4v) is 3.48. The highest BCUT2D eigenvalue weighted by Crippen LogP contribution is 2.35. The smallest absolute Gasteiger partial charge is 0.222 e. The van der Waals surface area contributed by atoms with Crippen LogP contribution in [0.25, 0.3) is 0 Å². The van der Waals surface area contributed by atoms with Gasteiger partial charge in [-0.25, -0.2) is 0 Å². The van der Waals surface area contributed by atoms with Crippen LogP contribution in [0.3, 0.4) is 0 Å². The van der Waals surface area contributed by atoms with Crippen LogP contribution in [0, 0.1) is 5.41 Å². The zero-order valence-corrected chi connectivity index (χ0v) is 15.6. The minimum absolute atomic E-state index is 0.155. The van der Waals surface area contributed by atoms with Gasteiger partial charge in [-0.2, -0.15) is 0 Å². The number of rotatable bonds is 8. The first-order valence-electron chi connectivity index (χ1n) is 8.88. The number of halogens is 1. The molecule has 1 heterocycles. The van der Waals surface area contributed by atoms with Gasteiger partial charge < -0.3 is 15.4 Å². The number of carbonyl (C=O) groups excluding carboxylic acids is 2. The number of hydrogen-bond acceptors (Lipinski definition) is 3. The average molecular weight is 367 g/mol. The second kappa shape index (κ2) is 9.09. The lowest BCUT2D eigenvalue weighted by atomic mass is 9.77. The Morgan fingerprint density at radius 2 is 2.04 bits per heavy atom. The summed E-state index contributed by atoms with van der Waals surface area (Å²) in [6, 6.07) is 7.12. The molecule has 1 aliphatic rings. The molecule has 1 saturated heterocycles. The zero-order chi connectivity index (χ0) is 18.3. The molecule has 0 spiro atoms. The van der Waals surface area contributed by atoms with Crippen molar-refractivity contribution in [2.75, 3.05) is 19.7 Å². The van der Waals surface area contributed by atoms with Crippen LogP contribution in [0.4, 0.5) is 0 Å². The van der Waals surface area contributed by atoms with Crippen LogP contribution in [0.15, 0.2) is 24.3 Å². The van der Waals surface area contributed by atoms with E-state index in [1.165, 1.54) is 0 Å². The predicted molar refractivity (Wildman–Crippen MR) is 98.5 cm³/mol. The summed E-state index contributed by atoms with van der Waals surface area (Å²) in [5.74, 6) is 0.493. The summed E-state index contributed by atoms with van der Waals surface area (Å²) in [7, 11) is 0. The lowest BCUT2D eigenvalue weighted by molar-refractivity contribution is -0.137. The minimum Gasteiger partial charge on any atom is -0.493 e. The second-order valence-corrected chi connectivity index (χ2v) is 7.34. The van der Waals surface area contributed by atoms with Gasteiger partial charge in [0.25, 0.3) is 0 Å². The van der Waals surface area contributed by atoms with E-state index in [0.717, 1.165) is 32.2 Å². The first-order valence-corrected chi connectivity index (χ1v) is 9.26. The third kappa shape index (κ3) is 5.92. The van der Waals surface area contributed by atoms with Crippen molar-refractivity contribution in [2.45, 2.75) is 45.4 Å². The molecule has 0 saturated carbocycles. The summed E-state index contributed by atoms with van der Waals surface area (Å²) in [6.45, 7) is 3.69. The van der Waals surface area contributed by atoms with Crippen molar-refractivity contribution >= 4 is 23.4 Å². The maximum Gasteiger partial charge on any atom is 0.222 e. The van der Waals surface area contributed by atoms with Crippen LogP contribution in [0.5, 0.6) is 5.75 Å². The summed E-state index contributed by atoms with van der Waals surface area (Å²) in [4.78, 5) is 25.9. The number of nitrogens with two attached hydrogens (primary N) is 1. The normalized spacial score (nSPS) is 20.3. The molecule has 1 aromatic carbocycles. The van der Waals surface area contributed by atoms with Crippen molar-refractivity contribution in [1.82, 2.24) is 4.90 Å². The predicted octanol–water partition coefficient (Wildman–Crippen LogP) is 3.39. The Labute approximate surface area is 154 Å². The SMILES string of the molecule is CCCCC(=O)N1CCC[C@](COc2ccc(Cl)cc2)(CC(N)=O)C1. The van der Waals surface area contributed by atoms with Gasteiger partial charge in [-0.05, 0) is 43.5 Å². The van der Waals surface area contributed by atoms with Crippen molar-refractivity contribution < 1.29 is 14.3 Å². The van der Waals surface area contributed by atoms with E-state index in [1.807, 2.05) is 4.90 Å². The average Bonchev–Trinajstić information content (AvgIpc) is 2.59. The number of hydrogen-bond donors (Lipinski definition) is 1. The van der Waals surface area contributed by atoms with Gasteiger partial charge in [-0.15, -0.1) is 0 Å². The fraction of sp³-hybridized carbons (Fsp3) is 0.579. The maximum absolute atomic E-state index is 12.4. The van der Waals surface area contributed by atoms with Crippen molar-refractivity contribution in [3.8, 4) is 5.75 Å². The molecule has 2 amide bonds. The van der Waals surface area contributed by atoms with Gasteiger partial charge in [0.15, 0.2) is 0 Å². The molecule has 1 aromatic rings. The molecule has 25 heavy (non-hydrogen) atoms. The van der Waals surface area contributed by atoms with E-state index in [2.05, 4.69) is 6.92 Å². The molecule has 0 radical (unpaired) electrons. The molecule has 0 aromatic heterocycles. The highest BCUT2D eigenvalue weighted by atomic mass is 35.5. The monoisotopic (exact) mass is 366 g/mol. The highest BCUT2D eigenvalue weighted by Gasteiger charge is 2.39. The molecule has 0 bridgehead atoms. The third-order valence-corrected chi connectivity index (χ3v) is 4.92. The van der Waals surface area contributed by atoms with Crippen molar-refractivity contribution in [3.63, 3.8) is 0 Å². The van der Waals surface area contributed by atoms with Crippen LogP contribution in [0.2, 0.25) is 5.02 Å². The van der Waals surface area contributed by atoms with Crippen LogP contribution >= 0.6 is 11.6 Å². The van der Waals surface area contributed by atoms with E-state index in [9.17, 15) is 9.59 Å². The van der Waals surface area contributed by atoms with Crippen LogP contribution in [-0.2, 0) is 9.59 Å². The maximum atomic E-state index is 12.4. The molecule has 6 heteroatoms. The summed E-state index contributed by atoms with van der Waals surface area (Å²) in [5.41, 5.74) is 5.06. The summed E-state index contributed by atoms with van der Waals surface area (Å²) in [5, 5.41) is 0.643. The van der Waals surface area contributed by atoms with Gasteiger partial charge in [-0.1, -0.05) is 24.9 Å². The molecule has 138 valence electrons. The number of unbranched alkanes of at least 4 members (excludes halogenated alkanes) is 1. The summed E-state index contributed by atoms with van der Waals surface area (Å²) < 4.78 is 5.91. The second-order valence-electron chi connectivity index (χ2n) is 6.91. The number of nitrogens with zero attached hydrogens (tertiary/aromatic N) is 1. The molecule has 0 unspecified atom stereocenters. The quantitative estimate of drug-likeness (QED) is 0.766. The first kappa shape index (κ1) is 19.6. The topological polar surface area (TPSA) is 72.6 Å². The van der Waals surface area contributed by atoms with Crippen molar-refractivity contribution in [3.05, 3.63) is 29.3 Å². The van der Waals surface area contributed by atoms with Gasteiger partial charge in [-0.3, -0.25) is 9.59 Å². The van der Waals surface area contributed by atoms with E-state index in [4.69, 9.17) is 22.1 Å². The molecule has 5 nitrogen and oxygen atoms in total. The molecule has 1 fully saturated rings. The Balaban J connectivity index is 2.06. The molecule has 0 aliphatic carbocycles. The van der Waals surface area contributed by atoms with E-state index in [1.54, 1.807) is 24.3 Å². The molecular weight excluding hydrogens is 340 g/mol. The summed E-state index contributed by atoms with van der Waals surface area (Å²) in [6.07, 6.45) is 4.33. The van der Waals surface area contributed by atoms with E-state index < -0.39 is 5.41 Å². The number of piperidine rings is 1. The number of amides is 2. The number of benzene rings is 1. The standard InChI is InChI=1S/C19H27ClN2O3/c1-2-3-5-18(24)22-11-4-10-19(13-22,12-17(21)23)14-25-16-8-6-15(20)7-9-16/h6-9H,2-5,10-14H2,1H3,(H2,21,23)/t19-/m0/s1. The lowest BCUT2D eigenvalue weighted by Crippen LogP contribution is -2.50. The highest BCUT2D eigenvalue weighted by molar-refractivity contribution is 6.30. The van der Waals surface area contributed by atoms with Crippen molar-refractivity contribution in [2.24, 2.45) is 11.1 Å². The lowest BCUT2D eigenvalue weighted by Gasteiger charge is -2.42. The van der Waals surface area contributed by atoms with Gasteiger partial charge in [0, 0.05) is 36.4 Å². The Morgan fingerprint density at radius 3 is 2.68 bits per heavy atom. The molecule has 2 rings (SSSR count). The van der Waals surface area contributed by atoms with Crippen molar-refractivity contribution in [1.29, 1.82) is 0 Å². The Hall–Kier alpha value is -1.75. The number of likely N-dealkylation sites (tertiary alicyclic amines) is 1. The molecule has 1 aliphatic heterocycles. The largest absolute Gasteiger partial charge is 0.493 e. The zero-order valence-electron chi connectivity index (χ0n) is 14.8. The number of carbonyl (C=O) groups is 2. The molecular formula is C19H27ClN2O3. The fourth-order valence-electron chi connectivity index (χ4n) is 3.36. The van der Waals surface area contributed by atoms with Crippen LogP contribution < -0.4 is 10.5 Å². The third-order valence-electron chi connectivity index (χ3n) is 4.67. The number of primary amides is 1. The van der Waals surface area contributed by atoms with Gasteiger partial charge >= 0.3 is 0 Å². The summed E-state index contributed by atoms with van der Waals surface area (Å²) >= 11 is 5.89. The Kier molecular flexibility index (Phi) is 7.12. The van der Waals surface area contributed by atoms with E-state index in [0.29, 0.717) is 30.3 Å². The number of ether oxygens (including phenoxy) is 1.